The number of nitro groups is 1. The van der Waals surface area contributed by atoms with E-state index in [0.717, 1.165) is 12.8 Å². The summed E-state index contributed by atoms with van der Waals surface area (Å²) in [6, 6.07) is 1.48. The van der Waals surface area contributed by atoms with Crippen LogP contribution in [0.15, 0.2) is 12.1 Å². The number of nitrogens with zero attached hydrogens (tertiary/aromatic N) is 1. The first-order chi connectivity index (χ1) is 9.47. The van der Waals surface area contributed by atoms with Crippen LogP contribution in [0, 0.1) is 21.7 Å². The second kappa shape index (κ2) is 6.10. The van der Waals surface area contributed by atoms with Gasteiger partial charge in [0, 0.05) is 18.7 Å². The zero-order valence-electron chi connectivity index (χ0n) is 10.5. The number of hydrogen-bond donors (Lipinski definition) is 2. The molecule has 8 heteroatoms. The van der Waals surface area contributed by atoms with Gasteiger partial charge in [0.15, 0.2) is 11.6 Å². The van der Waals surface area contributed by atoms with Crippen LogP contribution in [0.25, 0.3) is 0 Å². The van der Waals surface area contributed by atoms with Crippen LogP contribution < -0.4 is 10.1 Å². The number of benzene rings is 1. The van der Waals surface area contributed by atoms with Gasteiger partial charge >= 0.3 is 5.69 Å². The molecule has 0 saturated heterocycles. The Morgan fingerprint density at radius 1 is 1.45 bits per heavy atom. The molecule has 1 unspecified atom stereocenters. The number of ether oxygens (including phenoxy) is 1. The van der Waals surface area contributed by atoms with E-state index >= 15 is 0 Å². The molecule has 20 heavy (non-hydrogen) atoms. The normalized spacial score (nSPS) is 15.9. The van der Waals surface area contributed by atoms with Crippen molar-refractivity contribution in [2.45, 2.75) is 25.0 Å². The highest BCUT2D eigenvalue weighted by Crippen LogP contribution is 2.26. The molecule has 0 heterocycles. The van der Waals surface area contributed by atoms with Crippen molar-refractivity contribution in [3.05, 3.63) is 33.9 Å². The van der Waals surface area contributed by atoms with E-state index in [4.69, 9.17) is 4.74 Å². The highest BCUT2D eigenvalue weighted by Gasteiger charge is 2.22. The summed E-state index contributed by atoms with van der Waals surface area (Å²) in [7, 11) is 0. The van der Waals surface area contributed by atoms with E-state index in [1.165, 1.54) is 0 Å². The predicted molar refractivity (Wildman–Crippen MR) is 65.5 cm³/mol. The first-order valence-corrected chi connectivity index (χ1v) is 6.15. The fourth-order valence-electron chi connectivity index (χ4n) is 1.60. The summed E-state index contributed by atoms with van der Waals surface area (Å²) in [5.74, 6) is -2.68. The topological polar surface area (TPSA) is 84.6 Å². The number of rotatable bonds is 7. The van der Waals surface area contributed by atoms with Gasteiger partial charge in [0.2, 0.25) is 5.82 Å². The van der Waals surface area contributed by atoms with E-state index in [0.29, 0.717) is 24.7 Å². The molecule has 1 aromatic rings. The molecular formula is C12H14F2N2O4. The number of hydrogen-bond acceptors (Lipinski definition) is 5. The first-order valence-electron chi connectivity index (χ1n) is 6.15. The third-order valence-electron chi connectivity index (χ3n) is 2.85. The quantitative estimate of drug-likeness (QED) is 0.584. The summed E-state index contributed by atoms with van der Waals surface area (Å²) in [6.07, 6.45) is 1.26. The van der Waals surface area contributed by atoms with Gasteiger partial charge in [-0.1, -0.05) is 0 Å². The molecular weight excluding hydrogens is 274 g/mol. The summed E-state index contributed by atoms with van der Waals surface area (Å²) in [6.45, 7) is 0.0651. The Kier molecular flexibility index (Phi) is 4.46. The van der Waals surface area contributed by atoms with Crippen LogP contribution in [-0.4, -0.2) is 35.3 Å². The highest BCUT2D eigenvalue weighted by molar-refractivity contribution is 5.39. The van der Waals surface area contributed by atoms with E-state index in [1.54, 1.807) is 0 Å². The average molecular weight is 288 g/mol. The Balaban J connectivity index is 1.91. The summed E-state index contributed by atoms with van der Waals surface area (Å²) in [4.78, 5) is 9.40. The molecule has 1 aliphatic rings. The average Bonchev–Trinajstić information content (AvgIpc) is 3.20. The van der Waals surface area contributed by atoms with Gasteiger partial charge in [-0.15, -0.1) is 0 Å². The molecule has 2 rings (SSSR count). The smallest absolute Gasteiger partial charge is 0.307 e. The van der Waals surface area contributed by atoms with Crippen molar-refractivity contribution in [1.29, 1.82) is 0 Å². The fourth-order valence-corrected chi connectivity index (χ4v) is 1.60. The molecule has 0 aromatic heterocycles. The molecule has 0 aliphatic heterocycles. The lowest BCUT2D eigenvalue weighted by molar-refractivity contribution is -0.387. The second-order valence-corrected chi connectivity index (χ2v) is 4.64. The number of nitro benzene ring substituents is 1. The van der Waals surface area contributed by atoms with Crippen molar-refractivity contribution < 1.29 is 23.5 Å². The molecule has 2 N–H and O–H groups in total. The lowest BCUT2D eigenvalue weighted by Crippen LogP contribution is -2.32. The number of nitrogens with one attached hydrogen (secondary N) is 1. The molecule has 1 fully saturated rings. The van der Waals surface area contributed by atoms with Crippen molar-refractivity contribution in [2.24, 2.45) is 0 Å². The molecule has 0 radical (unpaired) electrons. The van der Waals surface area contributed by atoms with E-state index in [2.05, 4.69) is 5.32 Å². The van der Waals surface area contributed by atoms with Crippen molar-refractivity contribution in [3.8, 4) is 5.75 Å². The molecule has 0 bridgehead atoms. The first kappa shape index (κ1) is 14.6. The Bertz CT molecular complexity index is 508. The second-order valence-electron chi connectivity index (χ2n) is 4.64. The van der Waals surface area contributed by atoms with Gasteiger partial charge in [0.1, 0.15) is 12.7 Å². The molecule has 1 aliphatic carbocycles. The van der Waals surface area contributed by atoms with Crippen LogP contribution in [0.5, 0.6) is 5.75 Å². The van der Waals surface area contributed by atoms with Gasteiger partial charge in [-0.25, -0.2) is 4.39 Å². The molecule has 0 amide bonds. The van der Waals surface area contributed by atoms with E-state index < -0.39 is 34.1 Å². The van der Waals surface area contributed by atoms with Crippen LogP contribution in [0.4, 0.5) is 14.5 Å². The van der Waals surface area contributed by atoms with Gasteiger partial charge in [-0.3, -0.25) is 10.1 Å². The molecule has 1 atom stereocenters. The zero-order valence-corrected chi connectivity index (χ0v) is 10.5. The SMILES string of the molecule is O=[N+]([O-])c1cc(F)c(OCC(O)CNC2CC2)cc1F. The molecule has 6 nitrogen and oxygen atoms in total. The lowest BCUT2D eigenvalue weighted by Gasteiger charge is -2.13. The summed E-state index contributed by atoms with van der Waals surface area (Å²) < 4.78 is 31.7. The number of halogens is 2. The van der Waals surface area contributed by atoms with Crippen LogP contribution in [0.1, 0.15) is 12.8 Å². The summed E-state index contributed by atoms with van der Waals surface area (Å²) in [5.41, 5.74) is -0.953. The van der Waals surface area contributed by atoms with Gasteiger partial charge in [0.05, 0.1) is 11.0 Å². The van der Waals surface area contributed by atoms with Gasteiger partial charge in [-0.2, -0.15) is 4.39 Å². The Hall–Kier alpha value is -1.80. The van der Waals surface area contributed by atoms with E-state index in [9.17, 15) is 24.0 Å². The van der Waals surface area contributed by atoms with Crippen LogP contribution in [0.2, 0.25) is 0 Å². The van der Waals surface area contributed by atoms with Crippen molar-refractivity contribution >= 4 is 5.69 Å². The Labute approximate surface area is 113 Å². The minimum absolute atomic E-state index is 0.228. The van der Waals surface area contributed by atoms with Crippen LogP contribution in [-0.2, 0) is 0 Å². The van der Waals surface area contributed by atoms with Crippen molar-refractivity contribution in [3.63, 3.8) is 0 Å². The third-order valence-corrected chi connectivity index (χ3v) is 2.85. The summed E-state index contributed by atoms with van der Waals surface area (Å²) >= 11 is 0. The van der Waals surface area contributed by atoms with Crippen LogP contribution >= 0.6 is 0 Å². The maximum absolute atomic E-state index is 13.5. The Morgan fingerprint density at radius 2 is 2.15 bits per heavy atom. The van der Waals surface area contributed by atoms with E-state index in [1.807, 2.05) is 0 Å². The van der Waals surface area contributed by atoms with Crippen molar-refractivity contribution in [2.75, 3.05) is 13.2 Å². The van der Waals surface area contributed by atoms with Gasteiger partial charge in [0.25, 0.3) is 0 Å². The highest BCUT2D eigenvalue weighted by atomic mass is 19.1. The number of aliphatic hydroxyl groups excluding tert-OH is 1. The molecule has 1 aromatic carbocycles. The monoisotopic (exact) mass is 288 g/mol. The van der Waals surface area contributed by atoms with E-state index in [-0.39, 0.29) is 6.61 Å². The van der Waals surface area contributed by atoms with Crippen LogP contribution in [0.3, 0.4) is 0 Å². The largest absolute Gasteiger partial charge is 0.488 e. The van der Waals surface area contributed by atoms with Gasteiger partial charge in [-0.05, 0) is 12.8 Å². The maximum Gasteiger partial charge on any atom is 0.307 e. The minimum atomic E-state index is -1.18. The van der Waals surface area contributed by atoms with Crippen molar-refractivity contribution in [1.82, 2.24) is 5.32 Å². The maximum atomic E-state index is 13.5. The lowest BCUT2D eigenvalue weighted by atomic mass is 10.2. The Morgan fingerprint density at radius 3 is 2.75 bits per heavy atom. The molecule has 110 valence electrons. The molecule has 1 saturated carbocycles. The molecule has 0 spiro atoms. The fraction of sp³-hybridized carbons (Fsp3) is 0.500. The number of aliphatic hydroxyl groups is 1. The third kappa shape index (κ3) is 3.84. The minimum Gasteiger partial charge on any atom is -0.488 e. The summed E-state index contributed by atoms with van der Waals surface area (Å²) in [5, 5.41) is 23.0. The van der Waals surface area contributed by atoms with Gasteiger partial charge < -0.3 is 15.2 Å². The standard InChI is InChI=1S/C12H14F2N2O4/c13-9-4-12(10(14)3-11(9)16(18)19)20-6-8(17)5-15-7-1-2-7/h3-4,7-8,15,17H,1-2,5-6H2. The predicted octanol–water partition coefficient (Wildman–Crippen LogP) is 1.36. The zero-order chi connectivity index (χ0) is 14.7.